The maximum absolute atomic E-state index is 8.72. The van der Waals surface area contributed by atoms with Gasteiger partial charge in [0.1, 0.15) is 0 Å². The maximum Gasteiger partial charge on any atom is 0.0974 e. The van der Waals surface area contributed by atoms with Gasteiger partial charge in [0.15, 0.2) is 0 Å². The number of hydrogen-bond donors (Lipinski definition) is 1. The van der Waals surface area contributed by atoms with E-state index in [2.05, 4.69) is 25.7 Å². The van der Waals surface area contributed by atoms with Crippen molar-refractivity contribution in [3.63, 3.8) is 0 Å². The van der Waals surface area contributed by atoms with Gasteiger partial charge in [-0.3, -0.25) is 5.26 Å². The van der Waals surface area contributed by atoms with E-state index in [9.17, 15) is 0 Å². The summed E-state index contributed by atoms with van der Waals surface area (Å²) in [7, 11) is -1.03. The van der Waals surface area contributed by atoms with E-state index in [4.69, 9.17) is 5.26 Å². The lowest BCUT2D eigenvalue weighted by Gasteiger charge is -2.31. The van der Waals surface area contributed by atoms with Crippen LogP contribution in [0.3, 0.4) is 0 Å². The summed E-state index contributed by atoms with van der Waals surface area (Å²) < 4.78 is 0. The van der Waals surface area contributed by atoms with Crippen molar-refractivity contribution in [1.82, 2.24) is 0 Å². The molecule has 1 N–H and O–H groups in total. The molecule has 2 nitrogen and oxygen atoms in total. The van der Waals surface area contributed by atoms with Gasteiger partial charge in [-0.15, -0.1) is 0 Å². The van der Waals surface area contributed by atoms with Gasteiger partial charge >= 0.3 is 0 Å². The van der Waals surface area contributed by atoms with Gasteiger partial charge in [0.25, 0.3) is 0 Å². The molecule has 0 amide bonds. The Morgan fingerprint density at radius 2 is 1.50 bits per heavy atom. The highest BCUT2D eigenvalue weighted by Crippen LogP contribution is 2.30. The Balaban J connectivity index is 4.19. The van der Waals surface area contributed by atoms with Crippen molar-refractivity contribution in [1.29, 1.82) is 0 Å². The van der Waals surface area contributed by atoms with Crippen LogP contribution in [0.2, 0.25) is 24.2 Å². The fourth-order valence-corrected chi connectivity index (χ4v) is 5.59. The lowest BCUT2D eigenvalue weighted by molar-refractivity contribution is -0.313. The fraction of sp³-hybridized carbons (Fsp3) is 1.00. The van der Waals surface area contributed by atoms with Crippen LogP contribution in [0.4, 0.5) is 0 Å². The highest BCUT2D eigenvalue weighted by atomic mass is 28.3. The third kappa shape index (κ3) is 4.11. The lowest BCUT2D eigenvalue weighted by atomic mass is 10.1. The van der Waals surface area contributed by atoms with Crippen LogP contribution < -0.4 is 0 Å². The molecule has 0 aliphatic rings. The fourth-order valence-electron chi connectivity index (χ4n) is 1.89. The zero-order valence-electron chi connectivity index (χ0n) is 10.4. The first-order chi connectivity index (χ1) is 6.45. The van der Waals surface area contributed by atoms with Crippen molar-refractivity contribution in [3.05, 3.63) is 0 Å². The van der Waals surface area contributed by atoms with E-state index >= 15 is 0 Å². The topological polar surface area (TPSA) is 29.5 Å². The first kappa shape index (κ1) is 14.1. The maximum atomic E-state index is 8.72. The van der Waals surface area contributed by atoms with Crippen molar-refractivity contribution < 1.29 is 10.1 Å². The van der Waals surface area contributed by atoms with Gasteiger partial charge in [0.2, 0.25) is 0 Å². The molecule has 0 aromatic carbocycles. The summed E-state index contributed by atoms with van der Waals surface area (Å²) in [5.74, 6) is 0. The number of hydrogen-bond acceptors (Lipinski definition) is 2. The van der Waals surface area contributed by atoms with Gasteiger partial charge in [0, 0.05) is 0 Å². The van der Waals surface area contributed by atoms with Crippen molar-refractivity contribution in [3.8, 4) is 0 Å². The molecule has 0 spiro atoms. The lowest BCUT2D eigenvalue weighted by Crippen LogP contribution is -2.35. The van der Waals surface area contributed by atoms with Gasteiger partial charge in [-0.1, -0.05) is 44.9 Å². The zero-order chi connectivity index (χ0) is 11.2. The molecule has 0 unspecified atom stereocenters. The second-order valence-electron chi connectivity index (χ2n) is 4.91. The largest absolute Gasteiger partial charge is 0.251 e. The van der Waals surface area contributed by atoms with Crippen LogP contribution in [0.15, 0.2) is 0 Å². The Hall–Kier alpha value is 0.137. The molecule has 0 aliphatic carbocycles. The predicted molar refractivity (Wildman–Crippen MR) is 64.4 cm³/mol. The summed E-state index contributed by atoms with van der Waals surface area (Å²) in [6.45, 7) is 10.8. The molecule has 86 valence electrons. The predicted octanol–water partition coefficient (Wildman–Crippen LogP) is 4.15. The van der Waals surface area contributed by atoms with E-state index in [0.29, 0.717) is 0 Å². The van der Waals surface area contributed by atoms with Crippen molar-refractivity contribution in [2.75, 3.05) is 0 Å². The van der Waals surface area contributed by atoms with Crippen LogP contribution in [-0.2, 0) is 4.89 Å². The molecular weight excluding hydrogens is 192 g/mol. The molecule has 0 saturated carbocycles. The van der Waals surface area contributed by atoms with Crippen LogP contribution in [0.1, 0.15) is 41.0 Å². The summed E-state index contributed by atoms with van der Waals surface area (Å²) in [5.41, 5.74) is -0.363. The zero-order valence-corrected chi connectivity index (χ0v) is 11.4. The van der Waals surface area contributed by atoms with Crippen molar-refractivity contribution in [2.45, 2.75) is 70.8 Å². The summed E-state index contributed by atoms with van der Waals surface area (Å²) in [6.07, 6.45) is 0.977. The van der Waals surface area contributed by atoms with Gasteiger partial charge < -0.3 is 0 Å². The molecule has 0 bridgehead atoms. The molecule has 0 aliphatic heterocycles. The Labute approximate surface area is 89.6 Å². The second kappa shape index (κ2) is 5.88. The molecule has 0 rings (SSSR count). The minimum absolute atomic E-state index is 0.363. The van der Waals surface area contributed by atoms with Crippen LogP contribution >= 0.6 is 0 Å². The average Bonchev–Trinajstić information content (AvgIpc) is 2.21. The van der Waals surface area contributed by atoms with E-state index in [1.165, 1.54) is 24.2 Å². The highest BCUT2D eigenvalue weighted by Gasteiger charge is 2.30. The first-order valence-electron chi connectivity index (χ1n) is 5.78. The van der Waals surface area contributed by atoms with Crippen LogP contribution in [-0.4, -0.2) is 18.9 Å². The molecule has 0 aromatic rings. The molecule has 0 radical (unpaired) electrons. The van der Waals surface area contributed by atoms with Crippen LogP contribution in [0.25, 0.3) is 0 Å². The summed E-state index contributed by atoms with van der Waals surface area (Å²) in [4.78, 5) is 4.49. The molecule has 14 heavy (non-hydrogen) atoms. The number of rotatable bonds is 7. The smallest absolute Gasteiger partial charge is 0.0974 e. The van der Waals surface area contributed by atoms with E-state index in [1.54, 1.807) is 0 Å². The molecule has 0 aromatic heterocycles. The van der Waals surface area contributed by atoms with Gasteiger partial charge in [-0.05, 0) is 20.3 Å². The normalized spacial score (nSPS) is 13.3. The second-order valence-corrected chi connectivity index (χ2v) is 10.5. The molecule has 3 heteroatoms. The van der Waals surface area contributed by atoms with Gasteiger partial charge in [0.05, 0.1) is 13.7 Å². The van der Waals surface area contributed by atoms with E-state index in [1.807, 2.05) is 13.8 Å². The third-order valence-corrected chi connectivity index (χ3v) is 9.57. The van der Waals surface area contributed by atoms with Crippen molar-refractivity contribution >= 4 is 8.07 Å². The SMILES string of the molecule is CC[Si](CC)(CC)CCC(C)(C)OO. The first-order valence-corrected chi connectivity index (χ1v) is 8.60. The van der Waals surface area contributed by atoms with Crippen LogP contribution in [0.5, 0.6) is 0 Å². The molecule has 0 saturated heterocycles. The Morgan fingerprint density at radius 1 is 1.07 bits per heavy atom. The van der Waals surface area contributed by atoms with Crippen molar-refractivity contribution in [2.24, 2.45) is 0 Å². The minimum atomic E-state index is -1.03. The van der Waals surface area contributed by atoms with E-state index in [-0.39, 0.29) is 5.60 Å². The van der Waals surface area contributed by atoms with E-state index in [0.717, 1.165) is 6.42 Å². The molecule has 0 fully saturated rings. The quantitative estimate of drug-likeness (QED) is 0.395. The third-order valence-electron chi connectivity index (χ3n) is 3.75. The summed E-state index contributed by atoms with van der Waals surface area (Å²) in [6, 6.07) is 5.31. The molecular formula is C11H26O2Si. The molecule has 0 atom stereocenters. The standard InChI is InChI=1S/C11H26O2Si/c1-6-14(7-2,8-3)10-9-11(4,5)13-12/h12H,6-10H2,1-5H3. The summed E-state index contributed by atoms with van der Waals surface area (Å²) >= 11 is 0. The molecule has 0 heterocycles. The van der Waals surface area contributed by atoms with Gasteiger partial charge in [-0.25, -0.2) is 4.89 Å². The van der Waals surface area contributed by atoms with Gasteiger partial charge in [-0.2, -0.15) is 0 Å². The Morgan fingerprint density at radius 3 is 1.79 bits per heavy atom. The monoisotopic (exact) mass is 218 g/mol. The highest BCUT2D eigenvalue weighted by molar-refractivity contribution is 6.79. The Kier molecular flexibility index (Phi) is 5.94. The van der Waals surface area contributed by atoms with E-state index < -0.39 is 8.07 Å². The summed E-state index contributed by atoms with van der Waals surface area (Å²) in [5, 5.41) is 8.72. The minimum Gasteiger partial charge on any atom is -0.251 e. The van der Waals surface area contributed by atoms with Crippen LogP contribution in [0, 0.1) is 0 Å². The Bertz CT molecular complexity index is 145. The average molecular weight is 218 g/mol.